The molecule has 1 atom stereocenters. The molecule has 0 bridgehead atoms. The lowest BCUT2D eigenvalue weighted by Crippen LogP contribution is -2.50. The summed E-state index contributed by atoms with van der Waals surface area (Å²) >= 11 is 3.29. The van der Waals surface area contributed by atoms with E-state index in [1.165, 1.54) is 0 Å². The lowest BCUT2D eigenvalue weighted by atomic mass is 10.1. The summed E-state index contributed by atoms with van der Waals surface area (Å²) in [5.74, 6) is 0.380. The molecule has 1 amide bonds. The first-order valence-corrected chi connectivity index (χ1v) is 5.65. The highest BCUT2D eigenvalue weighted by molar-refractivity contribution is 9.10. The lowest BCUT2D eigenvalue weighted by molar-refractivity contribution is 0.135. The number of para-hydroxylation sites is 1. The van der Waals surface area contributed by atoms with Crippen LogP contribution in [0.5, 0.6) is 5.75 Å². The molecule has 0 fully saturated rings. The number of amides is 1. The van der Waals surface area contributed by atoms with Crippen molar-refractivity contribution in [3.05, 3.63) is 22.7 Å². The second-order valence-corrected chi connectivity index (χ2v) is 4.76. The molecule has 1 heterocycles. The Kier molecular flexibility index (Phi) is 2.71. The van der Waals surface area contributed by atoms with Crippen molar-refractivity contribution >= 4 is 27.7 Å². The van der Waals surface area contributed by atoms with Crippen molar-refractivity contribution in [3.8, 4) is 11.8 Å². The number of halogens is 1. The number of carbonyl (C=O) groups is 1. The molecule has 0 radical (unpaired) electrons. The smallest absolute Gasteiger partial charge is 0.412 e. The van der Waals surface area contributed by atoms with Gasteiger partial charge < -0.3 is 9.84 Å². The molecule has 5 nitrogen and oxygen atoms in total. The van der Waals surface area contributed by atoms with Crippen molar-refractivity contribution in [2.45, 2.75) is 12.5 Å². The Morgan fingerprint density at radius 3 is 3.00 bits per heavy atom. The van der Waals surface area contributed by atoms with Gasteiger partial charge in [-0.1, -0.05) is 6.07 Å². The number of ether oxygens (including phenoxy) is 1. The Bertz CT molecular complexity index is 526. The van der Waals surface area contributed by atoms with E-state index in [1.54, 1.807) is 25.1 Å². The van der Waals surface area contributed by atoms with Crippen LogP contribution in [-0.2, 0) is 0 Å². The molecule has 1 aromatic carbocycles. The van der Waals surface area contributed by atoms with Gasteiger partial charge in [0.2, 0.25) is 5.60 Å². The summed E-state index contributed by atoms with van der Waals surface area (Å²) in [7, 11) is 0. The Labute approximate surface area is 106 Å². The molecule has 0 spiro atoms. The number of rotatable bonds is 0. The van der Waals surface area contributed by atoms with Crippen molar-refractivity contribution in [1.82, 2.24) is 0 Å². The molecular weight excluding hydrogens is 288 g/mol. The second kappa shape index (κ2) is 3.93. The fourth-order valence-corrected chi connectivity index (χ4v) is 2.12. The van der Waals surface area contributed by atoms with Gasteiger partial charge >= 0.3 is 6.09 Å². The van der Waals surface area contributed by atoms with Crippen molar-refractivity contribution in [2.75, 3.05) is 11.4 Å². The van der Waals surface area contributed by atoms with Gasteiger partial charge in [-0.25, -0.2) is 4.79 Å². The van der Waals surface area contributed by atoms with Crippen LogP contribution in [0, 0.1) is 11.3 Å². The number of carboxylic acid groups (broad SMARTS) is 1. The standard InChI is InChI=1S/C11H9BrN2O3/c1-11(5-13)6-14(10(15)16)8-4-2-3-7(12)9(8)17-11/h2-4H,6H2,1H3,(H,15,16). The molecule has 1 aliphatic heterocycles. The summed E-state index contributed by atoms with van der Waals surface area (Å²) in [5.41, 5.74) is -0.727. The summed E-state index contributed by atoms with van der Waals surface area (Å²) in [5, 5.41) is 18.2. The summed E-state index contributed by atoms with van der Waals surface area (Å²) in [6.07, 6.45) is -1.10. The van der Waals surface area contributed by atoms with E-state index >= 15 is 0 Å². The Morgan fingerprint density at radius 1 is 1.71 bits per heavy atom. The Morgan fingerprint density at radius 2 is 2.41 bits per heavy atom. The molecular formula is C11H9BrN2O3. The lowest BCUT2D eigenvalue weighted by Gasteiger charge is -2.36. The highest BCUT2D eigenvalue weighted by atomic mass is 79.9. The number of benzene rings is 1. The molecule has 1 unspecified atom stereocenters. The maximum Gasteiger partial charge on any atom is 0.412 e. The molecule has 2 rings (SSSR count). The SMILES string of the molecule is CC1(C#N)CN(C(=O)O)c2cccc(Br)c2O1. The van der Waals surface area contributed by atoms with Gasteiger partial charge in [0.15, 0.2) is 5.75 Å². The van der Waals surface area contributed by atoms with Gasteiger partial charge in [-0.3, -0.25) is 4.90 Å². The molecule has 1 N–H and O–H groups in total. The van der Waals surface area contributed by atoms with Gasteiger partial charge in [0.25, 0.3) is 0 Å². The van der Waals surface area contributed by atoms with Gasteiger partial charge in [-0.15, -0.1) is 0 Å². The first-order chi connectivity index (χ1) is 7.97. The fraction of sp³-hybridized carbons (Fsp3) is 0.273. The van der Waals surface area contributed by atoms with Gasteiger partial charge in [0.05, 0.1) is 16.7 Å². The zero-order valence-electron chi connectivity index (χ0n) is 8.98. The van der Waals surface area contributed by atoms with E-state index in [2.05, 4.69) is 15.9 Å². The summed E-state index contributed by atoms with van der Waals surface area (Å²) in [4.78, 5) is 12.3. The van der Waals surface area contributed by atoms with Crippen LogP contribution in [-0.4, -0.2) is 23.3 Å². The normalized spacial score (nSPS) is 22.3. The minimum atomic E-state index is -1.17. The third-order valence-electron chi connectivity index (χ3n) is 2.49. The minimum absolute atomic E-state index is 0.0116. The van der Waals surface area contributed by atoms with Crippen molar-refractivity contribution in [2.24, 2.45) is 0 Å². The highest BCUT2D eigenvalue weighted by Gasteiger charge is 2.39. The first-order valence-electron chi connectivity index (χ1n) is 4.86. The maximum absolute atomic E-state index is 11.2. The van der Waals surface area contributed by atoms with E-state index < -0.39 is 11.7 Å². The van der Waals surface area contributed by atoms with Gasteiger partial charge in [-0.2, -0.15) is 5.26 Å². The van der Waals surface area contributed by atoms with Gasteiger partial charge in [0, 0.05) is 0 Å². The summed E-state index contributed by atoms with van der Waals surface area (Å²) in [6.45, 7) is 1.55. The zero-order chi connectivity index (χ0) is 12.6. The molecule has 0 aromatic heterocycles. The molecule has 0 saturated carbocycles. The molecule has 0 saturated heterocycles. The number of hydrogen-bond donors (Lipinski definition) is 1. The number of hydrogen-bond acceptors (Lipinski definition) is 3. The first kappa shape index (κ1) is 11.7. The van der Waals surface area contributed by atoms with E-state index in [0.29, 0.717) is 15.9 Å². The molecule has 88 valence electrons. The number of fused-ring (bicyclic) bond motifs is 1. The van der Waals surface area contributed by atoms with Crippen LogP contribution in [0.25, 0.3) is 0 Å². The predicted octanol–water partition coefficient (Wildman–Crippen LogP) is 2.61. The third kappa shape index (κ3) is 1.94. The van der Waals surface area contributed by atoms with Gasteiger partial charge in [-0.05, 0) is 35.0 Å². The van der Waals surface area contributed by atoms with E-state index in [1.807, 2.05) is 6.07 Å². The second-order valence-electron chi connectivity index (χ2n) is 3.90. The summed E-state index contributed by atoms with van der Waals surface area (Å²) in [6, 6.07) is 7.09. The molecule has 0 aliphatic carbocycles. The minimum Gasteiger partial charge on any atom is -0.467 e. The topological polar surface area (TPSA) is 73.6 Å². The van der Waals surface area contributed by atoms with Crippen LogP contribution in [0.15, 0.2) is 22.7 Å². The van der Waals surface area contributed by atoms with Gasteiger partial charge in [0.1, 0.15) is 6.07 Å². The van der Waals surface area contributed by atoms with E-state index in [9.17, 15) is 4.79 Å². The van der Waals surface area contributed by atoms with Crippen LogP contribution in [0.1, 0.15) is 6.92 Å². The van der Waals surface area contributed by atoms with Crippen molar-refractivity contribution < 1.29 is 14.6 Å². The monoisotopic (exact) mass is 296 g/mol. The zero-order valence-corrected chi connectivity index (χ0v) is 10.6. The highest BCUT2D eigenvalue weighted by Crippen LogP contribution is 2.41. The van der Waals surface area contributed by atoms with Crippen LogP contribution in [0.3, 0.4) is 0 Å². The molecule has 6 heteroatoms. The average molecular weight is 297 g/mol. The molecule has 17 heavy (non-hydrogen) atoms. The Balaban J connectivity index is 2.58. The predicted molar refractivity (Wildman–Crippen MR) is 64.2 cm³/mol. The Hall–Kier alpha value is -1.74. The fourth-order valence-electron chi connectivity index (χ4n) is 1.68. The van der Waals surface area contributed by atoms with Crippen LogP contribution >= 0.6 is 15.9 Å². The molecule has 1 aliphatic rings. The van der Waals surface area contributed by atoms with Crippen LogP contribution in [0.2, 0.25) is 0 Å². The van der Waals surface area contributed by atoms with Crippen LogP contribution < -0.4 is 9.64 Å². The quantitative estimate of drug-likeness (QED) is 0.798. The number of nitrogens with zero attached hydrogens (tertiary/aromatic N) is 2. The molecule has 1 aromatic rings. The third-order valence-corrected chi connectivity index (χ3v) is 3.12. The van der Waals surface area contributed by atoms with Crippen molar-refractivity contribution in [1.29, 1.82) is 5.26 Å². The van der Waals surface area contributed by atoms with E-state index in [-0.39, 0.29) is 6.54 Å². The largest absolute Gasteiger partial charge is 0.467 e. The number of anilines is 1. The maximum atomic E-state index is 11.2. The van der Waals surface area contributed by atoms with E-state index in [4.69, 9.17) is 15.1 Å². The number of nitriles is 1. The van der Waals surface area contributed by atoms with E-state index in [0.717, 1.165) is 4.90 Å². The summed E-state index contributed by atoms with van der Waals surface area (Å²) < 4.78 is 6.19. The van der Waals surface area contributed by atoms with Crippen molar-refractivity contribution in [3.63, 3.8) is 0 Å². The average Bonchev–Trinajstić information content (AvgIpc) is 2.29. The van der Waals surface area contributed by atoms with Crippen LogP contribution in [0.4, 0.5) is 10.5 Å².